The van der Waals surface area contributed by atoms with Gasteiger partial charge in [-0.05, 0) is 31.9 Å². The zero-order valence-electron chi connectivity index (χ0n) is 12.9. The van der Waals surface area contributed by atoms with E-state index in [9.17, 15) is 0 Å². The van der Waals surface area contributed by atoms with Gasteiger partial charge in [0, 0.05) is 17.8 Å². The number of benzene rings is 1. The number of aryl methyl sites for hydroxylation is 1. The second-order valence-electron chi connectivity index (χ2n) is 4.95. The van der Waals surface area contributed by atoms with Crippen LogP contribution in [0.25, 0.3) is 0 Å². The number of aromatic nitrogens is 2. The van der Waals surface area contributed by atoms with E-state index < -0.39 is 0 Å². The van der Waals surface area contributed by atoms with E-state index in [1.54, 1.807) is 6.33 Å². The monoisotopic (exact) mass is 285 g/mol. The van der Waals surface area contributed by atoms with Crippen LogP contribution in [0, 0.1) is 6.92 Å². The van der Waals surface area contributed by atoms with Crippen molar-refractivity contribution in [2.75, 3.05) is 16.9 Å². The van der Waals surface area contributed by atoms with Gasteiger partial charge in [0.1, 0.15) is 18.0 Å². The van der Waals surface area contributed by atoms with Gasteiger partial charge in [0.15, 0.2) is 0 Å². The van der Waals surface area contributed by atoms with E-state index in [2.05, 4.69) is 53.2 Å². The number of nitrogen functional groups attached to an aromatic ring is 1. The SMILES string of the molecule is CCCc1c(NN)ncnc1N(CC)c1ccccc1C. The topological polar surface area (TPSA) is 67.1 Å². The van der Waals surface area contributed by atoms with Crippen LogP contribution in [0.2, 0.25) is 0 Å². The van der Waals surface area contributed by atoms with E-state index in [0.29, 0.717) is 5.82 Å². The molecule has 2 rings (SSSR count). The third kappa shape index (κ3) is 3.13. The largest absolute Gasteiger partial charge is 0.326 e. The lowest BCUT2D eigenvalue weighted by molar-refractivity contribution is 0.875. The summed E-state index contributed by atoms with van der Waals surface area (Å²) in [6.07, 6.45) is 3.46. The Bertz CT molecular complexity index is 597. The number of hydrogen-bond acceptors (Lipinski definition) is 5. The normalized spacial score (nSPS) is 10.5. The second-order valence-corrected chi connectivity index (χ2v) is 4.95. The third-order valence-electron chi connectivity index (χ3n) is 3.54. The smallest absolute Gasteiger partial charge is 0.148 e. The zero-order valence-corrected chi connectivity index (χ0v) is 12.9. The molecule has 0 amide bonds. The Morgan fingerprint density at radius 3 is 2.57 bits per heavy atom. The van der Waals surface area contributed by atoms with Crippen LogP contribution in [-0.4, -0.2) is 16.5 Å². The number of hydrogen-bond donors (Lipinski definition) is 2. The molecule has 3 N–H and O–H groups in total. The third-order valence-corrected chi connectivity index (χ3v) is 3.54. The number of nitrogens with one attached hydrogen (secondary N) is 1. The molecule has 0 aliphatic heterocycles. The highest BCUT2D eigenvalue weighted by atomic mass is 15.3. The van der Waals surface area contributed by atoms with Gasteiger partial charge in [-0.25, -0.2) is 15.8 Å². The van der Waals surface area contributed by atoms with Crippen LogP contribution in [0.4, 0.5) is 17.3 Å². The molecule has 0 spiro atoms. The first kappa shape index (κ1) is 15.3. The van der Waals surface area contributed by atoms with Crippen LogP contribution in [-0.2, 0) is 6.42 Å². The van der Waals surface area contributed by atoms with E-state index >= 15 is 0 Å². The molecule has 0 aliphatic carbocycles. The summed E-state index contributed by atoms with van der Waals surface area (Å²) in [5.41, 5.74) is 6.14. The van der Waals surface area contributed by atoms with E-state index in [0.717, 1.165) is 30.8 Å². The second kappa shape index (κ2) is 7.04. The van der Waals surface area contributed by atoms with E-state index in [1.165, 1.54) is 11.3 Å². The average Bonchev–Trinajstić information content (AvgIpc) is 2.51. The zero-order chi connectivity index (χ0) is 15.2. The minimum Gasteiger partial charge on any atom is -0.326 e. The predicted molar refractivity (Wildman–Crippen MR) is 87.7 cm³/mol. The number of rotatable bonds is 6. The Balaban J connectivity index is 2.55. The molecular formula is C16H23N5. The summed E-state index contributed by atoms with van der Waals surface area (Å²) in [6, 6.07) is 8.33. The van der Waals surface area contributed by atoms with Crippen molar-refractivity contribution in [1.29, 1.82) is 0 Å². The van der Waals surface area contributed by atoms with Gasteiger partial charge in [-0.2, -0.15) is 0 Å². The summed E-state index contributed by atoms with van der Waals surface area (Å²) >= 11 is 0. The maximum atomic E-state index is 5.60. The summed E-state index contributed by atoms with van der Waals surface area (Å²) in [4.78, 5) is 11.0. The Morgan fingerprint density at radius 2 is 1.95 bits per heavy atom. The van der Waals surface area contributed by atoms with Gasteiger partial charge in [-0.3, -0.25) is 0 Å². The highest BCUT2D eigenvalue weighted by Crippen LogP contribution is 2.31. The maximum absolute atomic E-state index is 5.60. The Kier molecular flexibility index (Phi) is 5.11. The Hall–Kier alpha value is -2.14. The molecule has 1 aromatic carbocycles. The fourth-order valence-corrected chi connectivity index (χ4v) is 2.54. The molecule has 0 aliphatic rings. The minimum atomic E-state index is 0.703. The maximum Gasteiger partial charge on any atom is 0.148 e. The van der Waals surface area contributed by atoms with Crippen LogP contribution in [0.15, 0.2) is 30.6 Å². The molecule has 5 nitrogen and oxygen atoms in total. The number of para-hydroxylation sites is 1. The molecular weight excluding hydrogens is 262 g/mol. The summed E-state index contributed by atoms with van der Waals surface area (Å²) in [5.74, 6) is 7.23. The van der Waals surface area contributed by atoms with Gasteiger partial charge in [0.05, 0.1) is 0 Å². The molecule has 0 saturated heterocycles. The molecule has 0 saturated carbocycles. The number of nitrogens with zero attached hydrogens (tertiary/aromatic N) is 3. The van der Waals surface area contributed by atoms with Crippen LogP contribution in [0.1, 0.15) is 31.4 Å². The first-order valence-corrected chi connectivity index (χ1v) is 7.36. The standard InChI is InChI=1S/C16H23N5/c1-4-8-13-15(20-17)18-11-19-16(13)21(5-2)14-10-7-6-9-12(14)3/h6-7,9-11H,4-5,8,17H2,1-3H3,(H,18,19,20). The van der Waals surface area contributed by atoms with Gasteiger partial charge < -0.3 is 10.3 Å². The number of anilines is 3. The van der Waals surface area contributed by atoms with Crippen molar-refractivity contribution in [2.24, 2.45) is 5.84 Å². The first-order chi connectivity index (χ1) is 10.2. The van der Waals surface area contributed by atoms with Crippen molar-refractivity contribution in [2.45, 2.75) is 33.6 Å². The number of hydrazine groups is 1. The quantitative estimate of drug-likeness (QED) is 0.630. The van der Waals surface area contributed by atoms with Gasteiger partial charge in [-0.15, -0.1) is 0 Å². The van der Waals surface area contributed by atoms with Gasteiger partial charge in [0.2, 0.25) is 0 Å². The van der Waals surface area contributed by atoms with E-state index in [-0.39, 0.29) is 0 Å². The van der Waals surface area contributed by atoms with Gasteiger partial charge >= 0.3 is 0 Å². The molecule has 0 unspecified atom stereocenters. The van der Waals surface area contributed by atoms with Crippen molar-refractivity contribution >= 4 is 17.3 Å². The summed E-state index contributed by atoms with van der Waals surface area (Å²) in [7, 11) is 0. The van der Waals surface area contributed by atoms with Crippen molar-refractivity contribution in [1.82, 2.24) is 9.97 Å². The molecule has 0 atom stereocenters. The molecule has 0 bridgehead atoms. The molecule has 1 heterocycles. The Morgan fingerprint density at radius 1 is 1.19 bits per heavy atom. The van der Waals surface area contributed by atoms with Crippen LogP contribution in [0.5, 0.6) is 0 Å². The van der Waals surface area contributed by atoms with Crippen molar-refractivity contribution in [3.8, 4) is 0 Å². The lowest BCUT2D eigenvalue weighted by atomic mass is 10.1. The lowest BCUT2D eigenvalue weighted by Crippen LogP contribution is -2.22. The molecule has 2 aromatic rings. The van der Waals surface area contributed by atoms with Crippen LogP contribution >= 0.6 is 0 Å². The molecule has 0 fully saturated rings. The Labute approximate surface area is 126 Å². The fraction of sp³-hybridized carbons (Fsp3) is 0.375. The summed E-state index contributed by atoms with van der Waals surface area (Å²) in [6.45, 7) is 7.21. The predicted octanol–water partition coefficient (Wildman–Crippen LogP) is 3.18. The van der Waals surface area contributed by atoms with Crippen LogP contribution in [0.3, 0.4) is 0 Å². The van der Waals surface area contributed by atoms with Gasteiger partial charge in [0.25, 0.3) is 0 Å². The summed E-state index contributed by atoms with van der Waals surface area (Å²) < 4.78 is 0. The van der Waals surface area contributed by atoms with Crippen molar-refractivity contribution in [3.05, 3.63) is 41.7 Å². The number of nitrogens with two attached hydrogens (primary N) is 1. The van der Waals surface area contributed by atoms with Crippen molar-refractivity contribution in [3.63, 3.8) is 0 Å². The van der Waals surface area contributed by atoms with Gasteiger partial charge in [-0.1, -0.05) is 31.5 Å². The first-order valence-electron chi connectivity index (χ1n) is 7.36. The molecule has 21 heavy (non-hydrogen) atoms. The minimum absolute atomic E-state index is 0.703. The van der Waals surface area contributed by atoms with E-state index in [1.807, 2.05) is 12.1 Å². The van der Waals surface area contributed by atoms with Crippen LogP contribution < -0.4 is 16.2 Å². The highest BCUT2D eigenvalue weighted by Gasteiger charge is 2.17. The highest BCUT2D eigenvalue weighted by molar-refractivity contribution is 5.69. The van der Waals surface area contributed by atoms with E-state index in [4.69, 9.17) is 5.84 Å². The fourth-order valence-electron chi connectivity index (χ4n) is 2.54. The molecule has 5 heteroatoms. The average molecular weight is 285 g/mol. The lowest BCUT2D eigenvalue weighted by Gasteiger charge is -2.26. The summed E-state index contributed by atoms with van der Waals surface area (Å²) in [5, 5.41) is 0. The molecule has 0 radical (unpaired) electrons. The molecule has 1 aromatic heterocycles. The molecule has 112 valence electrons. The van der Waals surface area contributed by atoms with Crippen molar-refractivity contribution < 1.29 is 0 Å².